The molecule has 6 nitrogen and oxygen atoms in total. The Hall–Kier alpha value is -1.73. The van der Waals surface area contributed by atoms with Crippen molar-refractivity contribution in [3.05, 3.63) is 34.6 Å². The molecule has 0 aliphatic rings. The lowest BCUT2D eigenvalue weighted by Gasteiger charge is -2.13. The normalized spacial score (nSPS) is 12.2. The number of primary amides is 1. The van der Waals surface area contributed by atoms with Crippen LogP contribution in [0.4, 0.5) is 0 Å². The summed E-state index contributed by atoms with van der Waals surface area (Å²) in [5.41, 5.74) is 6.29. The second-order valence-corrected chi connectivity index (χ2v) is 6.45. The molecule has 0 spiro atoms. The van der Waals surface area contributed by atoms with Gasteiger partial charge in [-0.3, -0.25) is 9.36 Å². The van der Waals surface area contributed by atoms with Crippen molar-refractivity contribution in [2.75, 3.05) is 7.11 Å². The minimum absolute atomic E-state index is 0.0667. The van der Waals surface area contributed by atoms with Crippen molar-refractivity contribution in [1.29, 1.82) is 0 Å². The standard InChI is InChI=1S/C14H17ClN4O2S/c1-8(10-4-5-12(21-3)11(15)6-10)22-14-18-17-9(2)19(14)7-13(16)20/h4-6,8H,7H2,1-3H3,(H2,16,20). The van der Waals surface area contributed by atoms with Crippen LogP contribution < -0.4 is 10.5 Å². The zero-order valence-electron chi connectivity index (χ0n) is 12.5. The summed E-state index contributed by atoms with van der Waals surface area (Å²) < 4.78 is 6.85. The molecule has 2 aromatic rings. The molecule has 0 aliphatic heterocycles. The van der Waals surface area contributed by atoms with Gasteiger partial charge in [-0.2, -0.15) is 0 Å². The molecule has 1 amide bonds. The van der Waals surface area contributed by atoms with Crippen LogP contribution in [0.15, 0.2) is 23.4 Å². The lowest BCUT2D eigenvalue weighted by molar-refractivity contribution is -0.118. The molecule has 1 atom stereocenters. The summed E-state index contributed by atoms with van der Waals surface area (Å²) in [5, 5.41) is 9.39. The zero-order valence-corrected chi connectivity index (χ0v) is 14.1. The summed E-state index contributed by atoms with van der Waals surface area (Å²) in [5.74, 6) is 0.863. The summed E-state index contributed by atoms with van der Waals surface area (Å²) in [6.07, 6.45) is 0. The van der Waals surface area contributed by atoms with E-state index in [0.717, 1.165) is 5.56 Å². The molecule has 0 aliphatic carbocycles. The second kappa shape index (κ2) is 7.02. The van der Waals surface area contributed by atoms with Gasteiger partial charge in [-0.15, -0.1) is 10.2 Å². The van der Waals surface area contributed by atoms with E-state index in [1.165, 1.54) is 11.8 Å². The van der Waals surface area contributed by atoms with Gasteiger partial charge in [-0.05, 0) is 31.5 Å². The van der Waals surface area contributed by atoms with Crippen molar-refractivity contribution in [3.8, 4) is 5.75 Å². The number of aryl methyl sites for hydroxylation is 1. The van der Waals surface area contributed by atoms with E-state index in [2.05, 4.69) is 10.2 Å². The first kappa shape index (κ1) is 16.6. The first-order valence-electron chi connectivity index (χ1n) is 6.60. The van der Waals surface area contributed by atoms with Crippen LogP contribution in [0.2, 0.25) is 5.02 Å². The van der Waals surface area contributed by atoms with Gasteiger partial charge in [0.25, 0.3) is 0 Å². The number of carbonyl (C=O) groups is 1. The fourth-order valence-corrected chi connectivity index (χ4v) is 3.23. The summed E-state index contributed by atoms with van der Waals surface area (Å²) >= 11 is 7.64. The Bertz CT molecular complexity index is 689. The Kier molecular flexibility index (Phi) is 5.31. The quantitative estimate of drug-likeness (QED) is 0.817. The summed E-state index contributed by atoms with van der Waals surface area (Å²) in [6.45, 7) is 3.88. The molecule has 2 rings (SSSR count). The first-order valence-corrected chi connectivity index (χ1v) is 7.86. The third-order valence-electron chi connectivity index (χ3n) is 3.14. The molecule has 0 radical (unpaired) electrons. The van der Waals surface area contributed by atoms with E-state index in [1.54, 1.807) is 18.6 Å². The van der Waals surface area contributed by atoms with E-state index < -0.39 is 5.91 Å². The molecule has 1 heterocycles. The fourth-order valence-electron chi connectivity index (χ4n) is 1.95. The highest BCUT2D eigenvalue weighted by Gasteiger charge is 2.16. The van der Waals surface area contributed by atoms with Gasteiger partial charge in [0, 0.05) is 5.25 Å². The third kappa shape index (κ3) is 3.72. The number of rotatable bonds is 6. The first-order chi connectivity index (χ1) is 10.4. The van der Waals surface area contributed by atoms with E-state index >= 15 is 0 Å². The van der Waals surface area contributed by atoms with Gasteiger partial charge in [0.15, 0.2) is 5.16 Å². The number of amides is 1. The maximum absolute atomic E-state index is 11.1. The number of hydrogen-bond donors (Lipinski definition) is 1. The topological polar surface area (TPSA) is 83.0 Å². The van der Waals surface area contributed by atoms with Crippen LogP contribution in [0.3, 0.4) is 0 Å². The highest BCUT2D eigenvalue weighted by molar-refractivity contribution is 7.99. The minimum Gasteiger partial charge on any atom is -0.495 e. The van der Waals surface area contributed by atoms with E-state index in [9.17, 15) is 4.79 Å². The van der Waals surface area contributed by atoms with Crippen molar-refractivity contribution < 1.29 is 9.53 Å². The summed E-state index contributed by atoms with van der Waals surface area (Å²) in [7, 11) is 1.58. The van der Waals surface area contributed by atoms with E-state index in [-0.39, 0.29) is 11.8 Å². The van der Waals surface area contributed by atoms with Crippen molar-refractivity contribution in [3.63, 3.8) is 0 Å². The highest BCUT2D eigenvalue weighted by atomic mass is 35.5. The van der Waals surface area contributed by atoms with Gasteiger partial charge in [-0.1, -0.05) is 29.4 Å². The van der Waals surface area contributed by atoms with Crippen LogP contribution in [0.25, 0.3) is 0 Å². The van der Waals surface area contributed by atoms with Crippen LogP contribution in [0, 0.1) is 6.92 Å². The monoisotopic (exact) mass is 340 g/mol. The highest BCUT2D eigenvalue weighted by Crippen LogP contribution is 2.36. The lowest BCUT2D eigenvalue weighted by atomic mass is 10.1. The molecule has 1 unspecified atom stereocenters. The maximum Gasteiger partial charge on any atom is 0.237 e. The average molecular weight is 341 g/mol. The SMILES string of the molecule is COc1ccc(C(C)Sc2nnc(C)n2CC(N)=O)cc1Cl. The van der Waals surface area contributed by atoms with E-state index in [4.69, 9.17) is 22.1 Å². The Balaban J connectivity index is 2.20. The molecule has 118 valence electrons. The molecule has 1 aromatic carbocycles. The number of methoxy groups -OCH3 is 1. The van der Waals surface area contributed by atoms with E-state index in [0.29, 0.717) is 21.8 Å². The third-order valence-corrected chi connectivity index (χ3v) is 4.58. The molecular formula is C14H17ClN4O2S. The van der Waals surface area contributed by atoms with Gasteiger partial charge >= 0.3 is 0 Å². The van der Waals surface area contributed by atoms with Gasteiger partial charge < -0.3 is 10.5 Å². The van der Waals surface area contributed by atoms with Crippen LogP contribution >= 0.6 is 23.4 Å². The average Bonchev–Trinajstić information content (AvgIpc) is 2.79. The van der Waals surface area contributed by atoms with Gasteiger partial charge in [0.2, 0.25) is 5.91 Å². The van der Waals surface area contributed by atoms with Crippen molar-refractivity contribution in [1.82, 2.24) is 14.8 Å². The van der Waals surface area contributed by atoms with Crippen LogP contribution in [0.1, 0.15) is 23.6 Å². The number of thioether (sulfide) groups is 1. The summed E-state index contributed by atoms with van der Waals surface area (Å²) in [6, 6.07) is 5.64. The Morgan fingerprint density at radius 3 is 2.82 bits per heavy atom. The predicted octanol–water partition coefficient (Wildman–Crippen LogP) is 2.59. The zero-order chi connectivity index (χ0) is 16.3. The number of carbonyl (C=O) groups excluding carboxylic acids is 1. The van der Waals surface area contributed by atoms with Gasteiger partial charge in [0.1, 0.15) is 18.1 Å². The molecule has 0 saturated heterocycles. The summed E-state index contributed by atoms with van der Waals surface area (Å²) in [4.78, 5) is 11.1. The Labute approximate surface area is 138 Å². The molecule has 1 aromatic heterocycles. The second-order valence-electron chi connectivity index (χ2n) is 4.74. The van der Waals surface area contributed by atoms with Crippen LogP contribution in [0.5, 0.6) is 5.75 Å². The number of nitrogens with two attached hydrogens (primary N) is 1. The lowest BCUT2D eigenvalue weighted by Crippen LogP contribution is -2.20. The molecule has 0 fully saturated rings. The van der Waals surface area contributed by atoms with Crippen molar-refractivity contribution in [2.45, 2.75) is 30.8 Å². The van der Waals surface area contributed by atoms with Crippen molar-refractivity contribution >= 4 is 29.3 Å². The van der Waals surface area contributed by atoms with Gasteiger partial charge in [0.05, 0.1) is 12.1 Å². The van der Waals surface area contributed by atoms with Crippen LogP contribution in [-0.4, -0.2) is 27.8 Å². The molecule has 2 N–H and O–H groups in total. The minimum atomic E-state index is -0.426. The predicted molar refractivity (Wildman–Crippen MR) is 86.2 cm³/mol. The molecule has 8 heteroatoms. The molecule has 22 heavy (non-hydrogen) atoms. The smallest absolute Gasteiger partial charge is 0.237 e. The number of ether oxygens (including phenoxy) is 1. The van der Waals surface area contributed by atoms with Crippen LogP contribution in [-0.2, 0) is 11.3 Å². The number of hydrogen-bond acceptors (Lipinski definition) is 5. The number of aromatic nitrogens is 3. The number of halogens is 1. The van der Waals surface area contributed by atoms with E-state index in [1.807, 2.05) is 25.1 Å². The molecule has 0 saturated carbocycles. The molecule has 0 bridgehead atoms. The Morgan fingerprint density at radius 1 is 1.50 bits per heavy atom. The van der Waals surface area contributed by atoms with Gasteiger partial charge in [-0.25, -0.2) is 0 Å². The van der Waals surface area contributed by atoms with Crippen molar-refractivity contribution in [2.24, 2.45) is 5.73 Å². The largest absolute Gasteiger partial charge is 0.495 e. The number of nitrogens with zero attached hydrogens (tertiary/aromatic N) is 3. The Morgan fingerprint density at radius 2 is 2.23 bits per heavy atom. The fraction of sp³-hybridized carbons (Fsp3) is 0.357. The molecular weight excluding hydrogens is 324 g/mol. The number of benzene rings is 1. The maximum atomic E-state index is 11.1.